The fourth-order valence-corrected chi connectivity index (χ4v) is 4.14. The predicted molar refractivity (Wildman–Crippen MR) is 122 cm³/mol. The van der Waals surface area contributed by atoms with Crippen molar-refractivity contribution in [2.24, 2.45) is 0 Å². The van der Waals surface area contributed by atoms with Gasteiger partial charge in [-0.2, -0.15) is 0 Å². The van der Waals surface area contributed by atoms with Crippen LogP contribution in [0.15, 0.2) is 77.4 Å². The molecule has 2 amide bonds. The van der Waals surface area contributed by atoms with E-state index in [0.717, 1.165) is 16.2 Å². The van der Waals surface area contributed by atoms with Crippen LogP contribution in [0, 0.1) is 0 Å². The molecule has 1 aliphatic heterocycles. The Morgan fingerprint density at radius 3 is 2.22 bits per heavy atom. The highest BCUT2D eigenvalue weighted by Crippen LogP contribution is 2.37. The van der Waals surface area contributed by atoms with E-state index in [9.17, 15) is 9.59 Å². The van der Waals surface area contributed by atoms with E-state index in [4.69, 9.17) is 13.9 Å². The van der Waals surface area contributed by atoms with Crippen LogP contribution in [0.5, 0.6) is 11.5 Å². The molecule has 8 heteroatoms. The molecule has 2 N–H and O–H groups in total. The Kier molecular flexibility index (Phi) is 5.35. The van der Waals surface area contributed by atoms with Crippen molar-refractivity contribution < 1.29 is 23.5 Å². The highest BCUT2D eigenvalue weighted by atomic mass is 32.1. The molecule has 0 saturated heterocycles. The Hall–Kier alpha value is -4.04. The highest BCUT2D eigenvalue weighted by Gasteiger charge is 2.15. The largest absolute Gasteiger partial charge is 0.486 e. The SMILES string of the molecule is O=C(Nc1ccc(NC(=O)c2ccc(-c3ccc4c(c3)OCCO4)s2)cc1)c1ccco1. The molecule has 160 valence electrons. The van der Waals surface area contributed by atoms with Crippen LogP contribution in [0.3, 0.4) is 0 Å². The summed E-state index contributed by atoms with van der Waals surface area (Å²) in [6, 6.07) is 19.6. The maximum Gasteiger partial charge on any atom is 0.291 e. The number of ether oxygens (including phenoxy) is 2. The zero-order chi connectivity index (χ0) is 21.9. The van der Waals surface area contributed by atoms with E-state index in [0.29, 0.717) is 35.2 Å². The van der Waals surface area contributed by atoms with Crippen LogP contribution in [0.2, 0.25) is 0 Å². The van der Waals surface area contributed by atoms with Gasteiger partial charge in [0.15, 0.2) is 17.3 Å². The Bertz CT molecular complexity index is 1260. The third kappa shape index (κ3) is 4.21. The number of benzene rings is 2. The van der Waals surface area contributed by atoms with Crippen LogP contribution in [-0.4, -0.2) is 25.0 Å². The smallest absolute Gasteiger partial charge is 0.291 e. The van der Waals surface area contributed by atoms with Gasteiger partial charge < -0.3 is 24.5 Å². The number of carbonyl (C=O) groups excluding carboxylic acids is 2. The van der Waals surface area contributed by atoms with Gasteiger partial charge in [-0.05, 0) is 72.3 Å². The molecule has 0 bridgehead atoms. The number of hydrogen-bond acceptors (Lipinski definition) is 6. The third-order valence-corrected chi connectivity index (χ3v) is 5.94. The molecule has 2 aromatic heterocycles. The van der Waals surface area contributed by atoms with E-state index in [1.165, 1.54) is 17.6 Å². The molecule has 7 nitrogen and oxygen atoms in total. The molecule has 0 aliphatic carbocycles. The van der Waals surface area contributed by atoms with Crippen molar-refractivity contribution >= 4 is 34.5 Å². The van der Waals surface area contributed by atoms with Gasteiger partial charge in [0.05, 0.1) is 11.1 Å². The van der Waals surface area contributed by atoms with E-state index < -0.39 is 0 Å². The maximum atomic E-state index is 12.7. The van der Waals surface area contributed by atoms with Crippen LogP contribution in [0.1, 0.15) is 20.2 Å². The van der Waals surface area contributed by atoms with Crippen molar-refractivity contribution in [3.8, 4) is 21.9 Å². The number of thiophene rings is 1. The van der Waals surface area contributed by atoms with Crippen LogP contribution in [0.25, 0.3) is 10.4 Å². The number of carbonyl (C=O) groups is 2. The second-order valence-electron chi connectivity index (χ2n) is 6.99. The van der Waals surface area contributed by atoms with Crippen molar-refractivity contribution in [3.05, 3.63) is 83.6 Å². The monoisotopic (exact) mass is 446 g/mol. The molecule has 1 aliphatic rings. The van der Waals surface area contributed by atoms with Gasteiger partial charge in [0, 0.05) is 16.3 Å². The minimum absolute atomic E-state index is 0.203. The summed E-state index contributed by atoms with van der Waals surface area (Å²) in [5.41, 5.74) is 2.19. The average molecular weight is 446 g/mol. The number of rotatable bonds is 5. The van der Waals surface area contributed by atoms with Crippen LogP contribution in [-0.2, 0) is 0 Å². The molecule has 0 spiro atoms. The predicted octanol–water partition coefficient (Wildman–Crippen LogP) is 5.28. The van der Waals surface area contributed by atoms with E-state index in [2.05, 4.69) is 10.6 Å². The first kappa shape index (κ1) is 19.9. The van der Waals surface area contributed by atoms with E-state index >= 15 is 0 Å². The lowest BCUT2D eigenvalue weighted by Crippen LogP contribution is -2.15. The van der Waals surface area contributed by atoms with Crippen LogP contribution < -0.4 is 20.1 Å². The second-order valence-corrected chi connectivity index (χ2v) is 8.07. The minimum atomic E-state index is -0.336. The topological polar surface area (TPSA) is 89.8 Å². The number of furan rings is 1. The maximum absolute atomic E-state index is 12.7. The number of nitrogens with one attached hydrogen (secondary N) is 2. The summed E-state index contributed by atoms with van der Waals surface area (Å²) in [6.45, 7) is 1.08. The van der Waals surface area contributed by atoms with Crippen molar-refractivity contribution in [2.45, 2.75) is 0 Å². The van der Waals surface area contributed by atoms with Gasteiger partial charge in [-0.3, -0.25) is 9.59 Å². The lowest BCUT2D eigenvalue weighted by molar-refractivity contribution is 0.0994. The van der Waals surface area contributed by atoms with Crippen molar-refractivity contribution in [1.82, 2.24) is 0 Å². The number of anilines is 2. The molecular weight excluding hydrogens is 428 g/mol. The molecule has 3 heterocycles. The Balaban J connectivity index is 1.24. The minimum Gasteiger partial charge on any atom is -0.486 e. The van der Waals surface area contributed by atoms with Crippen molar-refractivity contribution in [2.75, 3.05) is 23.8 Å². The number of hydrogen-bond donors (Lipinski definition) is 2. The summed E-state index contributed by atoms with van der Waals surface area (Å²) in [6.07, 6.45) is 1.44. The van der Waals surface area contributed by atoms with Crippen molar-refractivity contribution in [1.29, 1.82) is 0 Å². The van der Waals surface area contributed by atoms with Gasteiger partial charge in [0.2, 0.25) is 0 Å². The van der Waals surface area contributed by atoms with Gasteiger partial charge in [-0.25, -0.2) is 0 Å². The third-order valence-electron chi connectivity index (χ3n) is 4.80. The summed E-state index contributed by atoms with van der Waals surface area (Å²) in [5.74, 6) is 1.14. The van der Waals surface area contributed by atoms with E-state index in [-0.39, 0.29) is 17.6 Å². The van der Waals surface area contributed by atoms with Gasteiger partial charge in [0.25, 0.3) is 11.8 Å². The van der Waals surface area contributed by atoms with Gasteiger partial charge in [0.1, 0.15) is 13.2 Å². The first-order valence-electron chi connectivity index (χ1n) is 9.92. The molecule has 0 saturated carbocycles. The van der Waals surface area contributed by atoms with Gasteiger partial charge in [-0.1, -0.05) is 0 Å². The van der Waals surface area contributed by atoms with Gasteiger partial charge >= 0.3 is 0 Å². The Morgan fingerprint density at radius 1 is 0.781 bits per heavy atom. The number of amides is 2. The normalized spacial score (nSPS) is 12.2. The lowest BCUT2D eigenvalue weighted by Gasteiger charge is -2.18. The summed E-state index contributed by atoms with van der Waals surface area (Å²) >= 11 is 1.40. The summed E-state index contributed by atoms with van der Waals surface area (Å²) in [7, 11) is 0. The molecule has 5 rings (SSSR count). The second kappa shape index (κ2) is 8.60. The molecule has 0 radical (unpaired) electrons. The first-order chi connectivity index (χ1) is 15.7. The van der Waals surface area contributed by atoms with Crippen LogP contribution >= 0.6 is 11.3 Å². The van der Waals surface area contributed by atoms with Crippen LogP contribution in [0.4, 0.5) is 11.4 Å². The summed E-state index contributed by atoms with van der Waals surface area (Å²) in [4.78, 5) is 26.3. The molecule has 0 atom stereocenters. The van der Waals surface area contributed by atoms with Gasteiger partial charge in [-0.15, -0.1) is 11.3 Å². The Morgan fingerprint density at radius 2 is 1.50 bits per heavy atom. The number of fused-ring (bicyclic) bond motifs is 1. The first-order valence-corrected chi connectivity index (χ1v) is 10.7. The average Bonchev–Trinajstić information content (AvgIpc) is 3.53. The molecule has 2 aromatic carbocycles. The fourth-order valence-electron chi connectivity index (χ4n) is 3.24. The molecule has 0 fully saturated rings. The summed E-state index contributed by atoms with van der Waals surface area (Å²) in [5, 5.41) is 5.61. The summed E-state index contributed by atoms with van der Waals surface area (Å²) < 4.78 is 16.3. The highest BCUT2D eigenvalue weighted by molar-refractivity contribution is 7.17. The molecule has 4 aromatic rings. The zero-order valence-corrected chi connectivity index (χ0v) is 17.6. The zero-order valence-electron chi connectivity index (χ0n) is 16.8. The van der Waals surface area contributed by atoms with Crippen molar-refractivity contribution in [3.63, 3.8) is 0 Å². The standard InChI is InChI=1S/C24H18N2O5S/c27-23(19-2-1-11-29-19)25-16-4-6-17(7-5-16)26-24(28)22-10-9-21(32-22)15-3-8-18-20(14-15)31-13-12-30-18/h1-11,14H,12-13H2,(H,25,27)(H,26,28). The molecular formula is C24H18N2O5S. The molecule has 0 unspecified atom stereocenters. The lowest BCUT2D eigenvalue weighted by atomic mass is 10.1. The van der Waals surface area contributed by atoms with E-state index in [1.54, 1.807) is 42.5 Å². The fraction of sp³-hybridized carbons (Fsp3) is 0.0833. The quantitative estimate of drug-likeness (QED) is 0.435. The molecule has 32 heavy (non-hydrogen) atoms. The van der Waals surface area contributed by atoms with E-state index in [1.807, 2.05) is 24.3 Å². The Labute approximate surface area is 187 Å².